The van der Waals surface area contributed by atoms with Crippen molar-refractivity contribution in [3.63, 3.8) is 0 Å². The average Bonchev–Trinajstić information content (AvgIpc) is 2.98. The molecule has 6 nitrogen and oxygen atoms in total. The van der Waals surface area contributed by atoms with Crippen molar-refractivity contribution in [1.82, 2.24) is 24.6 Å². The fraction of sp³-hybridized carbons (Fsp3) is 0.500. The zero-order valence-electron chi connectivity index (χ0n) is 12.4. The number of piperidine rings is 1. The third kappa shape index (κ3) is 4.35. The molecule has 0 aromatic carbocycles. The van der Waals surface area contributed by atoms with E-state index < -0.39 is 6.43 Å². The standard InChI is InChI=1S/C14H17ClF2N6/c15-10-4-18-14(19-5-10)21-11-6-20-23(7-11)12-2-1-3-22(8-12)9-13(16)17/h4-7,12-13H,1-3,8-9H2,(H,18,19,21). The molecule has 1 aliphatic rings. The molecule has 0 amide bonds. The van der Waals surface area contributed by atoms with Crippen molar-refractivity contribution in [2.24, 2.45) is 0 Å². The van der Waals surface area contributed by atoms with Crippen molar-refractivity contribution in [2.45, 2.75) is 25.3 Å². The maximum atomic E-state index is 12.5. The first-order chi connectivity index (χ1) is 11.1. The maximum Gasteiger partial charge on any atom is 0.251 e. The quantitative estimate of drug-likeness (QED) is 0.905. The first-order valence-corrected chi connectivity index (χ1v) is 7.77. The second-order valence-corrected chi connectivity index (χ2v) is 5.94. The molecule has 0 spiro atoms. The average molecular weight is 343 g/mol. The van der Waals surface area contributed by atoms with Gasteiger partial charge >= 0.3 is 0 Å². The molecule has 124 valence electrons. The van der Waals surface area contributed by atoms with Gasteiger partial charge in [0.05, 0.1) is 41.9 Å². The first kappa shape index (κ1) is 16.1. The lowest BCUT2D eigenvalue weighted by atomic mass is 10.1. The maximum absolute atomic E-state index is 12.5. The fourth-order valence-electron chi connectivity index (χ4n) is 2.72. The van der Waals surface area contributed by atoms with Crippen LogP contribution in [0, 0.1) is 0 Å². The predicted molar refractivity (Wildman–Crippen MR) is 83.3 cm³/mol. The van der Waals surface area contributed by atoms with Gasteiger partial charge in [-0.25, -0.2) is 18.7 Å². The van der Waals surface area contributed by atoms with Gasteiger partial charge in [0.15, 0.2) is 0 Å². The molecule has 0 radical (unpaired) electrons. The number of alkyl halides is 2. The number of anilines is 2. The van der Waals surface area contributed by atoms with Crippen molar-refractivity contribution >= 4 is 23.2 Å². The Morgan fingerprint density at radius 3 is 2.83 bits per heavy atom. The number of hydrogen-bond acceptors (Lipinski definition) is 5. The molecule has 23 heavy (non-hydrogen) atoms. The Labute approximate surface area is 137 Å². The number of halogens is 3. The van der Waals surface area contributed by atoms with E-state index in [1.165, 1.54) is 12.4 Å². The molecule has 0 bridgehead atoms. The van der Waals surface area contributed by atoms with E-state index in [0.717, 1.165) is 18.5 Å². The minimum absolute atomic E-state index is 0.101. The number of nitrogens with zero attached hydrogens (tertiary/aromatic N) is 5. The largest absolute Gasteiger partial charge is 0.321 e. The van der Waals surface area contributed by atoms with Gasteiger partial charge in [-0.3, -0.25) is 9.58 Å². The molecular formula is C14H17ClF2N6. The van der Waals surface area contributed by atoms with Gasteiger partial charge in [-0.05, 0) is 19.4 Å². The Balaban J connectivity index is 1.63. The van der Waals surface area contributed by atoms with Crippen LogP contribution in [0.1, 0.15) is 18.9 Å². The second-order valence-electron chi connectivity index (χ2n) is 5.51. The number of nitrogens with one attached hydrogen (secondary N) is 1. The van der Waals surface area contributed by atoms with Crippen molar-refractivity contribution in [3.05, 3.63) is 29.8 Å². The summed E-state index contributed by atoms with van der Waals surface area (Å²) in [6.45, 7) is 1.12. The Morgan fingerprint density at radius 1 is 1.30 bits per heavy atom. The highest BCUT2D eigenvalue weighted by atomic mass is 35.5. The summed E-state index contributed by atoms with van der Waals surface area (Å²) >= 11 is 5.74. The van der Waals surface area contributed by atoms with Crippen LogP contribution in [-0.2, 0) is 0 Å². The minimum Gasteiger partial charge on any atom is -0.321 e. The number of rotatable bonds is 5. The molecule has 1 fully saturated rings. The molecule has 1 saturated heterocycles. The van der Waals surface area contributed by atoms with Gasteiger partial charge < -0.3 is 5.32 Å². The topological polar surface area (TPSA) is 58.9 Å². The van der Waals surface area contributed by atoms with Crippen LogP contribution in [0.5, 0.6) is 0 Å². The molecular weight excluding hydrogens is 326 g/mol. The molecule has 0 saturated carbocycles. The summed E-state index contributed by atoms with van der Waals surface area (Å²) in [7, 11) is 0. The van der Waals surface area contributed by atoms with E-state index in [-0.39, 0.29) is 12.6 Å². The SMILES string of the molecule is FC(F)CN1CCCC(n2cc(Nc3ncc(Cl)cn3)cn2)C1. The van der Waals surface area contributed by atoms with Crippen LogP contribution in [0.4, 0.5) is 20.4 Å². The van der Waals surface area contributed by atoms with Crippen LogP contribution < -0.4 is 5.32 Å². The van der Waals surface area contributed by atoms with Crippen molar-refractivity contribution in [3.8, 4) is 0 Å². The molecule has 1 atom stereocenters. The van der Waals surface area contributed by atoms with Crippen LogP contribution in [0.3, 0.4) is 0 Å². The Bertz CT molecular complexity index is 632. The summed E-state index contributed by atoms with van der Waals surface area (Å²) in [5.41, 5.74) is 0.748. The van der Waals surface area contributed by atoms with Gasteiger partial charge in [-0.2, -0.15) is 5.10 Å². The van der Waals surface area contributed by atoms with Gasteiger partial charge in [-0.15, -0.1) is 0 Å². The summed E-state index contributed by atoms with van der Waals surface area (Å²) in [6, 6.07) is 0.101. The minimum atomic E-state index is -2.30. The van der Waals surface area contributed by atoms with Crippen LogP contribution >= 0.6 is 11.6 Å². The summed E-state index contributed by atoms with van der Waals surface area (Å²) in [5, 5.41) is 7.83. The second kappa shape index (κ2) is 7.18. The van der Waals surface area contributed by atoms with Gasteiger partial charge in [-0.1, -0.05) is 11.6 Å². The normalized spacial score (nSPS) is 19.2. The molecule has 2 aromatic rings. The third-order valence-electron chi connectivity index (χ3n) is 3.73. The first-order valence-electron chi connectivity index (χ1n) is 7.39. The molecule has 9 heteroatoms. The molecule has 0 aliphatic carbocycles. The van der Waals surface area contributed by atoms with Crippen LogP contribution in [0.2, 0.25) is 5.02 Å². The molecule has 1 N–H and O–H groups in total. The lowest BCUT2D eigenvalue weighted by Gasteiger charge is -2.32. The van der Waals surface area contributed by atoms with Crippen LogP contribution in [-0.4, -0.2) is 50.7 Å². The van der Waals surface area contributed by atoms with Gasteiger partial charge in [0, 0.05) is 12.7 Å². The number of aromatic nitrogens is 4. The summed E-state index contributed by atoms with van der Waals surface area (Å²) in [5.74, 6) is 0.428. The predicted octanol–water partition coefficient (Wildman–Crippen LogP) is 2.97. The fourth-order valence-corrected chi connectivity index (χ4v) is 2.81. The van der Waals surface area contributed by atoms with E-state index >= 15 is 0 Å². The van der Waals surface area contributed by atoms with E-state index in [9.17, 15) is 8.78 Å². The van der Waals surface area contributed by atoms with Crippen molar-refractivity contribution in [1.29, 1.82) is 0 Å². The van der Waals surface area contributed by atoms with Gasteiger partial charge in [0.1, 0.15) is 0 Å². The highest BCUT2D eigenvalue weighted by Crippen LogP contribution is 2.23. The lowest BCUT2D eigenvalue weighted by Crippen LogP contribution is -2.39. The molecule has 2 aromatic heterocycles. The van der Waals surface area contributed by atoms with Gasteiger partial charge in [0.2, 0.25) is 5.95 Å². The number of likely N-dealkylation sites (tertiary alicyclic amines) is 1. The van der Waals surface area contributed by atoms with E-state index in [4.69, 9.17) is 11.6 Å². The van der Waals surface area contributed by atoms with Crippen LogP contribution in [0.15, 0.2) is 24.8 Å². The van der Waals surface area contributed by atoms with Gasteiger partial charge in [0.25, 0.3) is 6.43 Å². The van der Waals surface area contributed by atoms with Crippen molar-refractivity contribution < 1.29 is 8.78 Å². The van der Waals surface area contributed by atoms with Crippen molar-refractivity contribution in [2.75, 3.05) is 25.0 Å². The van der Waals surface area contributed by atoms with E-state index in [0.29, 0.717) is 24.1 Å². The van der Waals surface area contributed by atoms with E-state index in [2.05, 4.69) is 20.4 Å². The smallest absolute Gasteiger partial charge is 0.251 e. The third-order valence-corrected chi connectivity index (χ3v) is 3.92. The molecule has 1 unspecified atom stereocenters. The highest BCUT2D eigenvalue weighted by molar-refractivity contribution is 6.30. The summed E-state index contributed by atoms with van der Waals surface area (Å²) < 4.78 is 26.9. The Hall–Kier alpha value is -1.80. The Kier molecular flexibility index (Phi) is 5.02. The van der Waals surface area contributed by atoms with E-state index in [1.54, 1.807) is 11.1 Å². The van der Waals surface area contributed by atoms with Crippen LogP contribution in [0.25, 0.3) is 0 Å². The number of hydrogen-bond donors (Lipinski definition) is 1. The zero-order chi connectivity index (χ0) is 16.2. The zero-order valence-corrected chi connectivity index (χ0v) is 13.1. The molecule has 3 rings (SSSR count). The summed E-state index contributed by atoms with van der Waals surface area (Å²) in [4.78, 5) is 9.90. The highest BCUT2D eigenvalue weighted by Gasteiger charge is 2.23. The Morgan fingerprint density at radius 2 is 2.09 bits per heavy atom. The molecule has 3 heterocycles. The van der Waals surface area contributed by atoms with E-state index in [1.807, 2.05) is 10.9 Å². The lowest BCUT2D eigenvalue weighted by molar-refractivity contribution is 0.0647. The monoisotopic (exact) mass is 342 g/mol. The summed E-state index contributed by atoms with van der Waals surface area (Å²) in [6.07, 6.45) is 6.04. The molecule has 1 aliphatic heterocycles.